The Bertz CT molecular complexity index is 949. The van der Waals surface area contributed by atoms with E-state index in [-0.39, 0.29) is 0 Å². The molecule has 0 unspecified atom stereocenters. The first-order valence-electron chi connectivity index (χ1n) is 7.38. The maximum Gasteiger partial charge on any atom is 0.0715 e. The van der Waals surface area contributed by atoms with E-state index in [1.54, 1.807) is 0 Å². The number of hydrogen-bond acceptors (Lipinski definition) is 2. The van der Waals surface area contributed by atoms with Gasteiger partial charge in [0, 0.05) is 22.0 Å². The summed E-state index contributed by atoms with van der Waals surface area (Å²) in [7, 11) is 0. The van der Waals surface area contributed by atoms with Crippen molar-refractivity contribution in [1.82, 2.24) is 4.98 Å². The van der Waals surface area contributed by atoms with Crippen molar-refractivity contribution in [2.24, 2.45) is 0 Å². The standard InChI is InChI=1S/C20H16N2/c1-13-12-14(21)10-11-15(13)20-16-6-2-4-8-18(16)22-19-9-5-3-7-17(19)20/h2-12H,21H2,1H3. The molecule has 2 nitrogen and oxygen atoms in total. The van der Waals surface area contributed by atoms with Gasteiger partial charge in [0.2, 0.25) is 0 Å². The molecular formula is C20H16N2. The van der Waals surface area contributed by atoms with Gasteiger partial charge in [-0.3, -0.25) is 0 Å². The Labute approximate surface area is 129 Å². The smallest absolute Gasteiger partial charge is 0.0715 e. The molecule has 0 atom stereocenters. The highest BCUT2D eigenvalue weighted by molar-refractivity contribution is 6.09. The number of anilines is 1. The van der Waals surface area contributed by atoms with Crippen molar-refractivity contribution in [3.8, 4) is 11.1 Å². The molecule has 22 heavy (non-hydrogen) atoms. The second-order valence-electron chi connectivity index (χ2n) is 5.60. The third kappa shape index (κ3) is 1.92. The molecule has 0 fully saturated rings. The number of rotatable bonds is 1. The lowest BCUT2D eigenvalue weighted by atomic mass is 9.93. The number of hydrogen-bond donors (Lipinski definition) is 1. The Hall–Kier alpha value is -2.87. The first-order valence-corrected chi connectivity index (χ1v) is 7.38. The SMILES string of the molecule is Cc1cc(N)ccc1-c1c2ccccc2nc2ccccc12. The van der Waals surface area contributed by atoms with Crippen LogP contribution in [0.15, 0.2) is 66.7 Å². The molecule has 0 saturated carbocycles. The fourth-order valence-electron chi connectivity index (χ4n) is 3.10. The highest BCUT2D eigenvalue weighted by Crippen LogP contribution is 2.36. The van der Waals surface area contributed by atoms with Crippen LogP contribution in [0, 0.1) is 6.92 Å². The summed E-state index contributed by atoms with van der Waals surface area (Å²) < 4.78 is 0. The number of nitrogens with two attached hydrogens (primary N) is 1. The van der Waals surface area contributed by atoms with E-state index in [4.69, 9.17) is 10.7 Å². The zero-order valence-corrected chi connectivity index (χ0v) is 12.4. The van der Waals surface area contributed by atoms with Gasteiger partial charge >= 0.3 is 0 Å². The summed E-state index contributed by atoms with van der Waals surface area (Å²) in [5.41, 5.74) is 12.4. The van der Waals surface area contributed by atoms with Gasteiger partial charge in [0.1, 0.15) is 0 Å². The average molecular weight is 284 g/mol. The summed E-state index contributed by atoms with van der Waals surface area (Å²) in [5, 5.41) is 2.35. The molecule has 3 aromatic carbocycles. The number of aromatic nitrogens is 1. The molecule has 2 N–H and O–H groups in total. The molecule has 4 rings (SSSR count). The van der Waals surface area contributed by atoms with Crippen molar-refractivity contribution in [1.29, 1.82) is 0 Å². The van der Waals surface area contributed by atoms with E-state index in [1.807, 2.05) is 24.3 Å². The quantitative estimate of drug-likeness (QED) is 0.397. The number of pyridine rings is 1. The summed E-state index contributed by atoms with van der Waals surface area (Å²) >= 11 is 0. The summed E-state index contributed by atoms with van der Waals surface area (Å²) in [6.07, 6.45) is 0. The summed E-state index contributed by atoms with van der Waals surface area (Å²) in [5.74, 6) is 0. The van der Waals surface area contributed by atoms with E-state index in [9.17, 15) is 0 Å². The largest absolute Gasteiger partial charge is 0.399 e. The minimum Gasteiger partial charge on any atom is -0.399 e. The Morgan fingerprint density at radius 1 is 0.773 bits per heavy atom. The predicted molar refractivity (Wildman–Crippen MR) is 93.8 cm³/mol. The highest BCUT2D eigenvalue weighted by Gasteiger charge is 2.12. The van der Waals surface area contributed by atoms with E-state index in [0.29, 0.717) is 0 Å². The third-order valence-corrected chi connectivity index (χ3v) is 4.11. The van der Waals surface area contributed by atoms with Crippen LogP contribution in [-0.2, 0) is 0 Å². The molecule has 106 valence electrons. The van der Waals surface area contributed by atoms with Gasteiger partial charge in [-0.25, -0.2) is 4.98 Å². The van der Waals surface area contributed by atoms with Crippen LogP contribution in [0.25, 0.3) is 32.9 Å². The maximum absolute atomic E-state index is 5.92. The van der Waals surface area contributed by atoms with Crippen LogP contribution in [0.5, 0.6) is 0 Å². The Morgan fingerprint density at radius 3 is 1.95 bits per heavy atom. The van der Waals surface area contributed by atoms with E-state index in [0.717, 1.165) is 16.7 Å². The third-order valence-electron chi connectivity index (χ3n) is 4.11. The van der Waals surface area contributed by atoms with Crippen LogP contribution in [0.2, 0.25) is 0 Å². The van der Waals surface area contributed by atoms with Gasteiger partial charge in [0.25, 0.3) is 0 Å². The lowest BCUT2D eigenvalue weighted by Crippen LogP contribution is -1.92. The van der Waals surface area contributed by atoms with E-state index < -0.39 is 0 Å². The van der Waals surface area contributed by atoms with Crippen LogP contribution in [0.4, 0.5) is 5.69 Å². The minimum atomic E-state index is 0.795. The van der Waals surface area contributed by atoms with Gasteiger partial charge < -0.3 is 5.73 Å². The van der Waals surface area contributed by atoms with Crippen molar-refractivity contribution in [2.75, 3.05) is 5.73 Å². The summed E-state index contributed by atoms with van der Waals surface area (Å²) in [6, 6.07) is 22.7. The second-order valence-corrected chi connectivity index (χ2v) is 5.60. The molecule has 0 radical (unpaired) electrons. The summed E-state index contributed by atoms with van der Waals surface area (Å²) in [4.78, 5) is 4.79. The molecule has 0 saturated heterocycles. The molecule has 4 aromatic rings. The van der Waals surface area contributed by atoms with Crippen molar-refractivity contribution >= 4 is 27.5 Å². The van der Waals surface area contributed by atoms with Crippen LogP contribution in [0.3, 0.4) is 0 Å². The maximum atomic E-state index is 5.92. The normalized spacial score (nSPS) is 11.1. The molecule has 0 aliphatic rings. The van der Waals surface area contributed by atoms with Gasteiger partial charge in [-0.1, -0.05) is 42.5 Å². The number of para-hydroxylation sites is 2. The molecule has 0 bridgehead atoms. The minimum absolute atomic E-state index is 0.795. The van der Waals surface area contributed by atoms with Crippen LogP contribution in [0.1, 0.15) is 5.56 Å². The molecule has 0 aliphatic heterocycles. The van der Waals surface area contributed by atoms with Gasteiger partial charge in [-0.15, -0.1) is 0 Å². The lowest BCUT2D eigenvalue weighted by Gasteiger charge is -2.13. The number of aryl methyl sites for hydroxylation is 1. The van der Waals surface area contributed by atoms with Crippen molar-refractivity contribution in [3.63, 3.8) is 0 Å². The van der Waals surface area contributed by atoms with Crippen LogP contribution >= 0.6 is 0 Å². The van der Waals surface area contributed by atoms with Gasteiger partial charge in [-0.05, 0) is 42.3 Å². The Balaban J connectivity index is 2.21. The first kappa shape index (κ1) is 12.8. The van der Waals surface area contributed by atoms with E-state index >= 15 is 0 Å². The molecule has 1 aromatic heterocycles. The van der Waals surface area contributed by atoms with Gasteiger partial charge in [0.05, 0.1) is 11.0 Å². The molecule has 0 amide bonds. The first-order chi connectivity index (χ1) is 10.7. The average Bonchev–Trinajstić information content (AvgIpc) is 2.53. The molecule has 1 heterocycles. The van der Waals surface area contributed by atoms with E-state index in [1.165, 1.54) is 27.5 Å². The van der Waals surface area contributed by atoms with Gasteiger partial charge in [0.15, 0.2) is 0 Å². The van der Waals surface area contributed by atoms with Crippen molar-refractivity contribution in [2.45, 2.75) is 6.92 Å². The van der Waals surface area contributed by atoms with Crippen molar-refractivity contribution < 1.29 is 0 Å². The van der Waals surface area contributed by atoms with Crippen LogP contribution in [-0.4, -0.2) is 4.98 Å². The number of benzene rings is 3. The zero-order chi connectivity index (χ0) is 15.1. The highest BCUT2D eigenvalue weighted by atomic mass is 14.7. The summed E-state index contributed by atoms with van der Waals surface area (Å²) in [6.45, 7) is 2.11. The predicted octanol–water partition coefficient (Wildman–Crippen LogP) is 4.95. The van der Waals surface area contributed by atoms with Crippen molar-refractivity contribution in [3.05, 3.63) is 72.3 Å². The molecule has 0 aliphatic carbocycles. The second kappa shape index (κ2) is 4.85. The molecular weight excluding hydrogens is 268 g/mol. The fraction of sp³-hybridized carbons (Fsp3) is 0.0500. The monoisotopic (exact) mass is 284 g/mol. The number of nitrogen functional groups attached to an aromatic ring is 1. The molecule has 0 spiro atoms. The van der Waals surface area contributed by atoms with Gasteiger partial charge in [-0.2, -0.15) is 0 Å². The Morgan fingerprint density at radius 2 is 1.36 bits per heavy atom. The Kier molecular flexibility index (Phi) is 2.83. The molecule has 2 heteroatoms. The lowest BCUT2D eigenvalue weighted by molar-refractivity contribution is 1.45. The fourth-order valence-corrected chi connectivity index (χ4v) is 3.10. The number of fused-ring (bicyclic) bond motifs is 2. The van der Waals surface area contributed by atoms with Crippen LogP contribution < -0.4 is 5.73 Å². The van der Waals surface area contributed by atoms with E-state index in [2.05, 4.69) is 49.4 Å². The topological polar surface area (TPSA) is 38.9 Å². The zero-order valence-electron chi connectivity index (χ0n) is 12.4. The number of nitrogens with zero attached hydrogens (tertiary/aromatic N) is 1.